The first-order chi connectivity index (χ1) is 14.0. The smallest absolute Gasteiger partial charge is 0.338 e. The van der Waals surface area contributed by atoms with Gasteiger partial charge in [-0.2, -0.15) is 0 Å². The van der Waals surface area contributed by atoms with Gasteiger partial charge in [-0.05, 0) is 55.0 Å². The van der Waals surface area contributed by atoms with Crippen LogP contribution in [0.15, 0.2) is 67.0 Å². The molecular weight excluding hydrogens is 373 g/mol. The third kappa shape index (κ3) is 5.62. The van der Waals surface area contributed by atoms with E-state index in [4.69, 9.17) is 4.74 Å². The minimum absolute atomic E-state index is 0.284. The molecule has 0 bridgehead atoms. The number of nitrogens with one attached hydrogen (secondary N) is 2. The molecule has 7 heteroatoms. The number of benzene rings is 2. The van der Waals surface area contributed by atoms with Crippen molar-refractivity contribution in [1.82, 2.24) is 10.3 Å². The van der Waals surface area contributed by atoms with Crippen molar-refractivity contribution in [1.29, 1.82) is 0 Å². The number of amides is 1. The maximum absolute atomic E-state index is 12.9. The fourth-order valence-electron chi connectivity index (χ4n) is 2.59. The Balaban J connectivity index is 1.62. The molecule has 0 unspecified atom stereocenters. The predicted molar refractivity (Wildman–Crippen MR) is 107 cm³/mol. The molecule has 0 aliphatic heterocycles. The van der Waals surface area contributed by atoms with Crippen molar-refractivity contribution in [2.24, 2.45) is 0 Å². The van der Waals surface area contributed by atoms with E-state index < -0.39 is 0 Å². The van der Waals surface area contributed by atoms with E-state index in [0.717, 1.165) is 11.3 Å². The van der Waals surface area contributed by atoms with Gasteiger partial charge in [-0.15, -0.1) is 0 Å². The molecular formula is C22H20FN3O3. The van der Waals surface area contributed by atoms with Crippen LogP contribution < -0.4 is 10.6 Å². The van der Waals surface area contributed by atoms with E-state index >= 15 is 0 Å². The molecule has 2 N–H and O–H groups in total. The fourth-order valence-corrected chi connectivity index (χ4v) is 2.59. The molecule has 0 fully saturated rings. The number of aromatic nitrogens is 1. The maximum atomic E-state index is 12.9. The van der Waals surface area contributed by atoms with Crippen molar-refractivity contribution in [3.8, 4) is 0 Å². The molecule has 0 saturated heterocycles. The fraction of sp³-hybridized carbons (Fsp3) is 0.136. The highest BCUT2D eigenvalue weighted by molar-refractivity contribution is 5.95. The summed E-state index contributed by atoms with van der Waals surface area (Å²) in [5.74, 6) is -0.984. The molecule has 0 aliphatic rings. The number of carbonyl (C=O) groups is 2. The maximum Gasteiger partial charge on any atom is 0.338 e. The highest BCUT2D eigenvalue weighted by Gasteiger charge is 2.09. The van der Waals surface area contributed by atoms with Gasteiger partial charge in [0.2, 0.25) is 0 Å². The second-order valence-corrected chi connectivity index (χ2v) is 6.19. The third-order valence-corrected chi connectivity index (χ3v) is 4.05. The van der Waals surface area contributed by atoms with Crippen molar-refractivity contribution in [3.05, 3.63) is 89.5 Å². The summed E-state index contributed by atoms with van der Waals surface area (Å²) in [6.45, 7) is 2.36. The van der Waals surface area contributed by atoms with Gasteiger partial charge < -0.3 is 15.4 Å². The first-order valence-corrected chi connectivity index (χ1v) is 9.07. The van der Waals surface area contributed by atoms with Gasteiger partial charge in [0, 0.05) is 18.4 Å². The zero-order chi connectivity index (χ0) is 20.6. The largest absolute Gasteiger partial charge is 0.462 e. The zero-order valence-electron chi connectivity index (χ0n) is 15.8. The Morgan fingerprint density at radius 3 is 2.38 bits per heavy atom. The molecule has 1 heterocycles. The van der Waals surface area contributed by atoms with Crippen LogP contribution >= 0.6 is 0 Å². The van der Waals surface area contributed by atoms with E-state index in [9.17, 15) is 14.0 Å². The van der Waals surface area contributed by atoms with Crippen LogP contribution in [0.4, 0.5) is 15.8 Å². The lowest BCUT2D eigenvalue weighted by Crippen LogP contribution is -2.23. The average molecular weight is 393 g/mol. The number of ether oxygens (including phenoxy) is 1. The standard InChI is InChI=1S/C22H20FN3O3/c1-2-29-22(28)16-5-9-19(10-6-16)26-20-11-17(13-24-14-20)21(27)25-12-15-3-7-18(23)8-4-15/h3-11,13-14,26H,2,12H2,1H3,(H,25,27). The van der Waals surface area contributed by atoms with E-state index in [1.165, 1.54) is 18.3 Å². The molecule has 3 rings (SSSR count). The lowest BCUT2D eigenvalue weighted by molar-refractivity contribution is 0.0526. The number of carbonyl (C=O) groups excluding carboxylic acids is 2. The quantitative estimate of drug-likeness (QED) is 0.592. The second-order valence-electron chi connectivity index (χ2n) is 6.19. The van der Waals surface area contributed by atoms with Crippen LogP contribution in [-0.4, -0.2) is 23.5 Å². The Morgan fingerprint density at radius 2 is 1.69 bits per heavy atom. The summed E-state index contributed by atoms with van der Waals surface area (Å²) in [7, 11) is 0. The Morgan fingerprint density at radius 1 is 0.966 bits per heavy atom. The second kappa shape index (κ2) is 9.45. The van der Waals surface area contributed by atoms with Gasteiger partial charge in [-0.25, -0.2) is 9.18 Å². The van der Waals surface area contributed by atoms with E-state index in [2.05, 4.69) is 15.6 Å². The summed E-state index contributed by atoms with van der Waals surface area (Å²) in [5, 5.41) is 5.92. The van der Waals surface area contributed by atoms with Crippen molar-refractivity contribution in [3.63, 3.8) is 0 Å². The molecule has 3 aromatic rings. The van der Waals surface area contributed by atoms with Crippen molar-refractivity contribution < 1.29 is 18.7 Å². The monoisotopic (exact) mass is 393 g/mol. The van der Waals surface area contributed by atoms with Crippen LogP contribution in [-0.2, 0) is 11.3 Å². The highest BCUT2D eigenvalue weighted by atomic mass is 19.1. The minimum atomic E-state index is -0.375. The normalized spacial score (nSPS) is 10.3. The van der Waals surface area contributed by atoms with E-state index in [-0.39, 0.29) is 24.2 Å². The molecule has 148 valence electrons. The molecule has 0 spiro atoms. The van der Waals surface area contributed by atoms with Gasteiger partial charge >= 0.3 is 5.97 Å². The van der Waals surface area contributed by atoms with Crippen LogP contribution in [0, 0.1) is 5.82 Å². The molecule has 29 heavy (non-hydrogen) atoms. The predicted octanol–water partition coefficient (Wildman–Crippen LogP) is 4.07. The van der Waals surface area contributed by atoms with E-state index in [1.54, 1.807) is 55.6 Å². The van der Waals surface area contributed by atoms with Crippen molar-refractivity contribution in [2.45, 2.75) is 13.5 Å². The molecule has 0 aliphatic carbocycles. The third-order valence-electron chi connectivity index (χ3n) is 4.05. The highest BCUT2D eigenvalue weighted by Crippen LogP contribution is 2.18. The van der Waals surface area contributed by atoms with Crippen LogP contribution in [0.2, 0.25) is 0 Å². The topological polar surface area (TPSA) is 80.3 Å². The first kappa shape index (κ1) is 20.0. The van der Waals surface area contributed by atoms with Crippen LogP contribution in [0.25, 0.3) is 0 Å². The lowest BCUT2D eigenvalue weighted by Gasteiger charge is -2.09. The number of esters is 1. The molecule has 6 nitrogen and oxygen atoms in total. The van der Waals surface area contributed by atoms with Crippen LogP contribution in [0.1, 0.15) is 33.2 Å². The number of nitrogens with zero attached hydrogens (tertiary/aromatic N) is 1. The summed E-state index contributed by atoms with van der Waals surface area (Å²) in [4.78, 5) is 28.2. The minimum Gasteiger partial charge on any atom is -0.462 e. The van der Waals surface area contributed by atoms with Gasteiger partial charge in [-0.3, -0.25) is 9.78 Å². The Hall–Kier alpha value is -3.74. The SMILES string of the molecule is CCOC(=O)c1ccc(Nc2cncc(C(=O)NCc3ccc(F)cc3)c2)cc1. The molecule has 0 radical (unpaired) electrons. The van der Waals surface area contributed by atoms with Gasteiger partial charge in [0.25, 0.3) is 5.91 Å². The zero-order valence-corrected chi connectivity index (χ0v) is 15.8. The van der Waals surface area contributed by atoms with E-state index in [0.29, 0.717) is 23.4 Å². The Labute approximate surface area is 167 Å². The van der Waals surface area contributed by atoms with Crippen LogP contribution in [0.5, 0.6) is 0 Å². The van der Waals surface area contributed by atoms with E-state index in [1.807, 2.05) is 0 Å². The summed E-state index contributed by atoms with van der Waals surface area (Å²) in [6, 6.07) is 14.4. The molecule has 2 aromatic carbocycles. The van der Waals surface area contributed by atoms with Crippen molar-refractivity contribution >= 4 is 23.3 Å². The number of rotatable bonds is 7. The van der Waals surface area contributed by atoms with Gasteiger partial charge in [-0.1, -0.05) is 12.1 Å². The Bertz CT molecular complexity index is 989. The van der Waals surface area contributed by atoms with Crippen molar-refractivity contribution in [2.75, 3.05) is 11.9 Å². The molecule has 0 saturated carbocycles. The number of hydrogen-bond acceptors (Lipinski definition) is 5. The van der Waals surface area contributed by atoms with Gasteiger partial charge in [0.05, 0.1) is 29.6 Å². The summed E-state index contributed by atoms with van der Waals surface area (Å²) in [6.07, 6.45) is 3.06. The number of anilines is 2. The summed E-state index contributed by atoms with van der Waals surface area (Å²) >= 11 is 0. The Kier molecular flexibility index (Phi) is 6.52. The van der Waals surface area contributed by atoms with Gasteiger partial charge in [0.1, 0.15) is 5.82 Å². The average Bonchev–Trinajstić information content (AvgIpc) is 2.74. The molecule has 1 aromatic heterocycles. The molecule has 0 atom stereocenters. The number of pyridine rings is 1. The first-order valence-electron chi connectivity index (χ1n) is 9.07. The number of hydrogen-bond donors (Lipinski definition) is 2. The summed E-state index contributed by atoms with van der Waals surface area (Å²) < 4.78 is 17.9. The van der Waals surface area contributed by atoms with Crippen LogP contribution in [0.3, 0.4) is 0 Å². The lowest BCUT2D eigenvalue weighted by atomic mass is 10.2. The van der Waals surface area contributed by atoms with Gasteiger partial charge in [0.15, 0.2) is 0 Å². The number of halogens is 1. The summed E-state index contributed by atoms with van der Waals surface area (Å²) in [5.41, 5.74) is 3.01. The molecule has 1 amide bonds.